The van der Waals surface area contributed by atoms with Gasteiger partial charge in [0.25, 0.3) is 0 Å². The molecule has 0 radical (unpaired) electrons. The number of thioether (sulfide) groups is 1. The average Bonchev–Trinajstić information content (AvgIpc) is 1.60. The maximum atomic E-state index is 9.91. The molecule has 0 atom stereocenters. The first-order chi connectivity index (χ1) is 4.65. The van der Waals surface area contributed by atoms with E-state index >= 15 is 0 Å². The van der Waals surface area contributed by atoms with Crippen molar-refractivity contribution in [2.24, 2.45) is 0 Å². The van der Waals surface area contributed by atoms with Gasteiger partial charge in [0.15, 0.2) is 0 Å². The molecule has 0 saturated carbocycles. The van der Waals surface area contributed by atoms with E-state index in [0.717, 1.165) is 0 Å². The normalized spacial score (nSPS) is 14.3. The topological polar surface area (TPSA) is 0 Å². The molecule has 0 aliphatic rings. The van der Waals surface area contributed by atoms with Crippen LogP contribution in [0.3, 0.4) is 0 Å². The van der Waals surface area contributed by atoms with E-state index in [4.69, 9.17) is 0 Å². The molecule has 0 spiro atoms. The Bertz CT molecular complexity index is 79.4. The van der Waals surface area contributed by atoms with Crippen LogP contribution in [0.15, 0.2) is 0 Å². The minimum absolute atomic E-state index is 1.26. The van der Waals surface area contributed by atoms with Crippen molar-refractivity contribution in [2.75, 3.05) is 11.5 Å². The molecular formula is C4H10F5SSb. The van der Waals surface area contributed by atoms with Gasteiger partial charge >= 0.3 is 34.4 Å². The summed E-state index contributed by atoms with van der Waals surface area (Å²) < 4.78 is 49.6. The fourth-order valence-corrected chi connectivity index (χ4v) is 0.612. The molecule has 0 aromatic heterocycles. The van der Waals surface area contributed by atoms with E-state index in [0.29, 0.717) is 0 Å². The Hall–Kier alpha value is 0.818. The third-order valence-electron chi connectivity index (χ3n) is 0.408. The van der Waals surface area contributed by atoms with Gasteiger partial charge in [-0.25, -0.2) is 0 Å². The van der Waals surface area contributed by atoms with E-state index in [9.17, 15) is 14.1 Å². The summed E-state index contributed by atoms with van der Waals surface area (Å²) in [6, 6.07) is 0. The zero-order chi connectivity index (χ0) is 9.57. The fraction of sp³-hybridized carbons (Fsp3) is 1.00. The van der Waals surface area contributed by atoms with Crippen LogP contribution in [-0.2, 0) is 0 Å². The van der Waals surface area contributed by atoms with E-state index in [1.165, 1.54) is 11.5 Å². The van der Waals surface area contributed by atoms with Crippen LogP contribution in [0.5, 0.6) is 0 Å². The van der Waals surface area contributed by atoms with Crippen molar-refractivity contribution in [2.45, 2.75) is 13.8 Å². The molecule has 7 heteroatoms. The van der Waals surface area contributed by atoms with Crippen LogP contribution in [0.2, 0.25) is 0 Å². The van der Waals surface area contributed by atoms with E-state index < -0.39 is 20.3 Å². The molecule has 0 saturated heterocycles. The van der Waals surface area contributed by atoms with E-state index in [2.05, 4.69) is 13.8 Å². The van der Waals surface area contributed by atoms with Crippen molar-refractivity contribution < 1.29 is 14.1 Å². The van der Waals surface area contributed by atoms with Gasteiger partial charge in [-0.1, -0.05) is 13.8 Å². The summed E-state index contributed by atoms with van der Waals surface area (Å²) in [6.07, 6.45) is 0. The van der Waals surface area contributed by atoms with Crippen molar-refractivity contribution >= 4 is 32.1 Å². The first kappa shape index (κ1) is 14.3. The molecule has 0 bridgehead atoms. The second-order valence-electron chi connectivity index (χ2n) is 1.42. The van der Waals surface area contributed by atoms with Crippen LogP contribution in [0.1, 0.15) is 13.8 Å². The zero-order valence-electron chi connectivity index (χ0n) is 6.16. The Morgan fingerprint density at radius 3 is 1.09 bits per heavy atom. The molecule has 0 heterocycles. The van der Waals surface area contributed by atoms with Crippen molar-refractivity contribution in [1.29, 1.82) is 0 Å². The molecule has 0 aliphatic carbocycles. The molecule has 0 aromatic carbocycles. The molecule has 11 heavy (non-hydrogen) atoms. The predicted octanol–water partition coefficient (Wildman–Crippen LogP) is 3.48. The molecule has 0 nitrogen and oxygen atoms in total. The van der Waals surface area contributed by atoms with Gasteiger partial charge in [-0.3, -0.25) is 0 Å². The Morgan fingerprint density at radius 1 is 0.909 bits per heavy atom. The van der Waals surface area contributed by atoms with Crippen LogP contribution >= 0.6 is 11.8 Å². The molecule has 0 rings (SSSR count). The summed E-state index contributed by atoms with van der Waals surface area (Å²) in [6.45, 7) is 4.35. The predicted molar refractivity (Wildman–Crippen MR) is 40.0 cm³/mol. The van der Waals surface area contributed by atoms with Crippen molar-refractivity contribution in [3.05, 3.63) is 0 Å². The average molecular weight is 307 g/mol. The first-order valence-electron chi connectivity index (χ1n) is 2.84. The SMILES string of the molecule is CCSCC.[F][Sb]([F])([F])([F])[F]. The summed E-state index contributed by atoms with van der Waals surface area (Å²) >= 11 is -7.23. The fourth-order valence-electron chi connectivity index (χ4n) is 0.204. The molecule has 0 amide bonds. The molecule has 0 unspecified atom stereocenters. The molecule has 0 fully saturated rings. The van der Waals surface area contributed by atoms with Crippen LogP contribution < -0.4 is 0 Å². The van der Waals surface area contributed by atoms with Crippen molar-refractivity contribution in [1.82, 2.24) is 0 Å². The summed E-state index contributed by atoms with van der Waals surface area (Å²) in [5.41, 5.74) is 0. The number of rotatable bonds is 2. The number of hydrogen-bond donors (Lipinski definition) is 0. The Morgan fingerprint density at radius 2 is 1.09 bits per heavy atom. The monoisotopic (exact) mass is 306 g/mol. The Labute approximate surface area is 71.6 Å². The van der Waals surface area contributed by atoms with Gasteiger partial charge < -0.3 is 0 Å². The van der Waals surface area contributed by atoms with Gasteiger partial charge in [-0.15, -0.1) is 0 Å². The van der Waals surface area contributed by atoms with Crippen LogP contribution in [0.25, 0.3) is 0 Å². The quantitative estimate of drug-likeness (QED) is 0.556. The van der Waals surface area contributed by atoms with Gasteiger partial charge in [-0.2, -0.15) is 11.8 Å². The van der Waals surface area contributed by atoms with Gasteiger partial charge in [0.1, 0.15) is 0 Å². The summed E-state index contributed by atoms with van der Waals surface area (Å²) in [5.74, 6) is 2.52. The second kappa shape index (κ2) is 5.46. The first-order valence-corrected chi connectivity index (χ1v) is 8.82. The van der Waals surface area contributed by atoms with Gasteiger partial charge in [0, 0.05) is 0 Å². The van der Waals surface area contributed by atoms with E-state index in [1.54, 1.807) is 0 Å². The summed E-state index contributed by atoms with van der Waals surface area (Å²) in [4.78, 5) is 0. The molecule has 0 aliphatic heterocycles. The summed E-state index contributed by atoms with van der Waals surface area (Å²) in [5, 5.41) is 0. The standard InChI is InChI=1S/C4H10S.5FH.Sb/c1-3-5-4-2;;;;;;/h3-4H2,1-2H3;5*1H;/q;;;;;;+5/p-5. The van der Waals surface area contributed by atoms with Gasteiger partial charge in [0.2, 0.25) is 0 Å². The second-order valence-corrected chi connectivity index (χ2v) is 6.63. The van der Waals surface area contributed by atoms with Crippen molar-refractivity contribution in [3.8, 4) is 0 Å². The Balaban J connectivity index is 0. The molecular weight excluding hydrogens is 297 g/mol. The summed E-state index contributed by atoms with van der Waals surface area (Å²) in [7, 11) is 0. The molecule has 0 aromatic rings. The zero-order valence-corrected chi connectivity index (χ0v) is 9.53. The maximum absolute atomic E-state index is 9.91. The number of hydrogen-bond acceptors (Lipinski definition) is 1. The van der Waals surface area contributed by atoms with Crippen LogP contribution in [-0.4, -0.2) is 31.8 Å². The van der Waals surface area contributed by atoms with Crippen LogP contribution in [0, 0.1) is 0 Å². The van der Waals surface area contributed by atoms with Crippen LogP contribution in [0.4, 0.5) is 14.1 Å². The van der Waals surface area contributed by atoms with Gasteiger partial charge in [-0.05, 0) is 11.5 Å². The minimum atomic E-state index is -9.19. The molecule has 72 valence electrons. The number of halogens is 5. The Kier molecular flexibility index (Phi) is 7.12. The van der Waals surface area contributed by atoms with Crippen molar-refractivity contribution in [3.63, 3.8) is 0 Å². The van der Waals surface area contributed by atoms with Gasteiger partial charge in [0.05, 0.1) is 0 Å². The third kappa shape index (κ3) is 106. The van der Waals surface area contributed by atoms with E-state index in [-0.39, 0.29) is 0 Å². The molecule has 0 N–H and O–H groups in total. The third-order valence-corrected chi connectivity index (χ3v) is 1.22. The van der Waals surface area contributed by atoms with E-state index in [1.807, 2.05) is 11.8 Å².